The molecule has 1 saturated heterocycles. The van der Waals surface area contributed by atoms with Gasteiger partial charge in [0.05, 0.1) is 27.7 Å². The third kappa shape index (κ3) is 3.60. The van der Waals surface area contributed by atoms with Crippen LogP contribution in [-0.4, -0.2) is 51.6 Å². The highest BCUT2D eigenvalue weighted by Gasteiger charge is 2.28. The summed E-state index contributed by atoms with van der Waals surface area (Å²) in [7, 11) is -2.31. The van der Waals surface area contributed by atoms with E-state index in [9.17, 15) is 13.2 Å². The van der Waals surface area contributed by atoms with E-state index in [-0.39, 0.29) is 33.6 Å². The zero-order valence-electron chi connectivity index (χ0n) is 12.7. The minimum Gasteiger partial charge on any atom is -0.372 e. The predicted molar refractivity (Wildman–Crippen MR) is 83.6 cm³/mol. The van der Waals surface area contributed by atoms with Crippen molar-refractivity contribution in [2.75, 3.05) is 20.1 Å². The van der Waals surface area contributed by atoms with Gasteiger partial charge in [-0.15, -0.1) is 0 Å². The van der Waals surface area contributed by atoms with Gasteiger partial charge in [-0.25, -0.2) is 13.1 Å². The van der Waals surface area contributed by atoms with E-state index >= 15 is 0 Å². The maximum Gasteiger partial charge on any atom is 0.255 e. The molecule has 122 valence electrons. The number of nitrogens with zero attached hydrogens (tertiary/aromatic N) is 1. The summed E-state index contributed by atoms with van der Waals surface area (Å²) in [5, 5.41) is 0.229. The lowest BCUT2D eigenvalue weighted by molar-refractivity contribution is -0.0586. The fraction of sp³-hybridized carbons (Fsp3) is 0.500. The van der Waals surface area contributed by atoms with Crippen LogP contribution in [0.2, 0.25) is 5.02 Å². The van der Waals surface area contributed by atoms with E-state index in [1.54, 1.807) is 4.90 Å². The van der Waals surface area contributed by atoms with Crippen LogP contribution >= 0.6 is 11.6 Å². The fourth-order valence-electron chi connectivity index (χ4n) is 2.47. The standard InChI is InChI=1S/C14H19ClN2O4S/c1-9-7-17(8-10(2)21-9)14(18)12-6-11(4-5-13(12)15)22(19,20)16-3/h4-6,9-10,16H,7-8H2,1-3H3/t9-,10+. The monoisotopic (exact) mass is 346 g/mol. The summed E-state index contributed by atoms with van der Waals surface area (Å²) in [6, 6.07) is 4.10. The number of hydrogen-bond donors (Lipinski definition) is 1. The van der Waals surface area contributed by atoms with Gasteiger partial charge >= 0.3 is 0 Å². The van der Waals surface area contributed by atoms with E-state index in [0.717, 1.165) is 0 Å². The Kier molecular flexibility index (Phi) is 5.11. The normalized spacial score (nSPS) is 22.6. The van der Waals surface area contributed by atoms with Crippen LogP contribution < -0.4 is 4.72 Å². The van der Waals surface area contributed by atoms with Crippen molar-refractivity contribution in [3.05, 3.63) is 28.8 Å². The lowest BCUT2D eigenvalue weighted by Crippen LogP contribution is -2.48. The van der Waals surface area contributed by atoms with Crippen molar-refractivity contribution in [1.29, 1.82) is 0 Å². The molecule has 22 heavy (non-hydrogen) atoms. The second-order valence-electron chi connectivity index (χ2n) is 5.32. The molecule has 1 aromatic rings. The zero-order chi connectivity index (χ0) is 16.5. The Labute approximate surface area is 135 Å². The molecule has 1 amide bonds. The molecule has 1 N–H and O–H groups in total. The van der Waals surface area contributed by atoms with E-state index in [1.165, 1.54) is 25.2 Å². The van der Waals surface area contributed by atoms with Gasteiger partial charge in [-0.05, 0) is 39.1 Å². The molecular weight excluding hydrogens is 328 g/mol. The van der Waals surface area contributed by atoms with Crippen LogP contribution in [0, 0.1) is 0 Å². The molecule has 0 unspecified atom stereocenters. The smallest absolute Gasteiger partial charge is 0.255 e. The molecule has 0 aromatic heterocycles. The second kappa shape index (κ2) is 6.54. The molecule has 0 radical (unpaired) electrons. The van der Waals surface area contributed by atoms with Gasteiger partial charge in [0, 0.05) is 13.1 Å². The molecule has 1 aliphatic heterocycles. The number of carbonyl (C=O) groups excluding carboxylic acids is 1. The maximum atomic E-state index is 12.6. The summed E-state index contributed by atoms with van der Waals surface area (Å²) >= 11 is 6.08. The Morgan fingerprint density at radius 3 is 2.45 bits per heavy atom. The number of benzene rings is 1. The van der Waals surface area contributed by atoms with Crippen molar-refractivity contribution in [2.24, 2.45) is 0 Å². The first-order valence-corrected chi connectivity index (χ1v) is 8.78. The molecule has 6 nitrogen and oxygen atoms in total. The van der Waals surface area contributed by atoms with Gasteiger partial charge in [0.25, 0.3) is 5.91 Å². The average Bonchev–Trinajstić information content (AvgIpc) is 2.45. The van der Waals surface area contributed by atoms with Crippen LogP contribution in [0.25, 0.3) is 0 Å². The van der Waals surface area contributed by atoms with Crippen LogP contribution in [0.15, 0.2) is 23.1 Å². The molecule has 0 spiro atoms. The first kappa shape index (κ1) is 17.2. The summed E-state index contributed by atoms with van der Waals surface area (Å²) in [6.45, 7) is 4.67. The summed E-state index contributed by atoms with van der Waals surface area (Å²) < 4.78 is 31.6. The van der Waals surface area contributed by atoms with E-state index < -0.39 is 10.0 Å². The van der Waals surface area contributed by atoms with Crippen LogP contribution in [0.4, 0.5) is 0 Å². The highest BCUT2D eigenvalue weighted by atomic mass is 35.5. The molecule has 2 rings (SSSR count). The van der Waals surface area contributed by atoms with Crippen LogP contribution in [0.1, 0.15) is 24.2 Å². The lowest BCUT2D eigenvalue weighted by Gasteiger charge is -2.35. The molecule has 0 aliphatic carbocycles. The molecule has 1 aromatic carbocycles. The molecule has 0 bridgehead atoms. The molecule has 2 atom stereocenters. The highest BCUT2D eigenvalue weighted by molar-refractivity contribution is 7.89. The van der Waals surface area contributed by atoms with Crippen molar-refractivity contribution in [3.8, 4) is 0 Å². The van der Waals surface area contributed by atoms with Gasteiger partial charge < -0.3 is 9.64 Å². The lowest BCUT2D eigenvalue weighted by atomic mass is 10.1. The van der Waals surface area contributed by atoms with Crippen molar-refractivity contribution >= 4 is 27.5 Å². The maximum absolute atomic E-state index is 12.6. The average molecular weight is 347 g/mol. The summed E-state index contributed by atoms with van der Waals surface area (Å²) in [6.07, 6.45) is -0.147. The summed E-state index contributed by atoms with van der Waals surface area (Å²) in [4.78, 5) is 14.3. The van der Waals surface area contributed by atoms with Gasteiger partial charge in [-0.2, -0.15) is 0 Å². The third-order valence-electron chi connectivity index (χ3n) is 3.45. The van der Waals surface area contributed by atoms with Crippen LogP contribution in [-0.2, 0) is 14.8 Å². The fourth-order valence-corrected chi connectivity index (χ4v) is 3.42. The highest BCUT2D eigenvalue weighted by Crippen LogP contribution is 2.23. The number of sulfonamides is 1. The number of amides is 1. The topological polar surface area (TPSA) is 75.7 Å². The van der Waals surface area contributed by atoms with Gasteiger partial charge in [0.1, 0.15) is 0 Å². The van der Waals surface area contributed by atoms with Crippen LogP contribution in [0.5, 0.6) is 0 Å². The van der Waals surface area contributed by atoms with E-state index in [1.807, 2.05) is 13.8 Å². The Balaban J connectivity index is 2.35. The third-order valence-corrected chi connectivity index (χ3v) is 5.20. The number of halogens is 1. The predicted octanol–water partition coefficient (Wildman–Crippen LogP) is 1.50. The van der Waals surface area contributed by atoms with Gasteiger partial charge in [0.2, 0.25) is 10.0 Å². The Hall–Kier alpha value is -1.15. The minimum atomic E-state index is -3.63. The Morgan fingerprint density at radius 1 is 1.32 bits per heavy atom. The van der Waals surface area contributed by atoms with Crippen molar-refractivity contribution in [3.63, 3.8) is 0 Å². The zero-order valence-corrected chi connectivity index (χ0v) is 14.2. The molecule has 1 fully saturated rings. The number of rotatable bonds is 3. The Bertz CT molecular complexity index is 667. The first-order chi connectivity index (χ1) is 10.2. The van der Waals surface area contributed by atoms with Gasteiger partial charge in [-0.1, -0.05) is 11.6 Å². The van der Waals surface area contributed by atoms with Gasteiger partial charge in [-0.3, -0.25) is 4.79 Å². The summed E-state index contributed by atoms with van der Waals surface area (Å²) in [5.74, 6) is -0.292. The second-order valence-corrected chi connectivity index (χ2v) is 7.61. The van der Waals surface area contributed by atoms with Gasteiger partial charge in [0.15, 0.2) is 0 Å². The molecule has 1 aliphatic rings. The summed E-state index contributed by atoms with van der Waals surface area (Å²) in [5.41, 5.74) is 0.180. The molecular formula is C14H19ClN2O4S. The molecule has 1 heterocycles. The quantitative estimate of drug-likeness (QED) is 0.899. The van der Waals surface area contributed by atoms with Crippen molar-refractivity contribution in [1.82, 2.24) is 9.62 Å². The van der Waals surface area contributed by atoms with E-state index in [4.69, 9.17) is 16.3 Å². The number of ether oxygens (including phenoxy) is 1. The number of nitrogens with one attached hydrogen (secondary N) is 1. The number of morpholine rings is 1. The van der Waals surface area contributed by atoms with Crippen molar-refractivity contribution in [2.45, 2.75) is 31.0 Å². The van der Waals surface area contributed by atoms with E-state index in [2.05, 4.69) is 4.72 Å². The Morgan fingerprint density at radius 2 is 1.91 bits per heavy atom. The SMILES string of the molecule is CNS(=O)(=O)c1ccc(Cl)c(C(=O)N2C[C@@H](C)O[C@@H](C)C2)c1. The van der Waals surface area contributed by atoms with E-state index in [0.29, 0.717) is 13.1 Å². The molecule has 0 saturated carbocycles. The van der Waals surface area contributed by atoms with Crippen LogP contribution in [0.3, 0.4) is 0 Å². The number of carbonyl (C=O) groups is 1. The molecule has 8 heteroatoms. The largest absolute Gasteiger partial charge is 0.372 e. The first-order valence-electron chi connectivity index (χ1n) is 6.92. The number of hydrogen-bond acceptors (Lipinski definition) is 4. The van der Waals surface area contributed by atoms with Crippen molar-refractivity contribution < 1.29 is 17.9 Å². The minimum absolute atomic E-state index is 0.0112.